The van der Waals surface area contributed by atoms with E-state index >= 15 is 0 Å². The van der Waals surface area contributed by atoms with Crippen molar-refractivity contribution in [1.82, 2.24) is 10.2 Å². The normalized spacial score (nSPS) is 28.7. The minimum atomic E-state index is -1.68. The molecule has 0 bridgehead atoms. The second kappa shape index (κ2) is 6.04. The zero-order valence-corrected chi connectivity index (χ0v) is 14.1. The Kier molecular flexibility index (Phi) is 4.38. The number of carbonyl (C=O) groups is 2. The van der Waals surface area contributed by atoms with Gasteiger partial charge in [-0.25, -0.2) is 4.39 Å². The van der Waals surface area contributed by atoms with Crippen molar-refractivity contribution < 1.29 is 18.7 Å². The van der Waals surface area contributed by atoms with Crippen molar-refractivity contribution in [2.24, 2.45) is 11.3 Å². The molecule has 130 valence electrons. The maximum absolute atomic E-state index is 14.5. The average molecular weight is 326 g/mol. The minimum Gasteiger partial charge on any atom is -0.381 e. The van der Waals surface area contributed by atoms with E-state index < -0.39 is 11.6 Å². The SMILES string of the molecule is CC(C)NC(=O)[C@@H]1CN(C(=O)C2(F)CCC2)CC12CCOCC2. The number of nitrogens with one attached hydrogen (secondary N) is 1. The molecular formula is C17H27FN2O3. The fourth-order valence-electron chi connectivity index (χ4n) is 4.14. The Labute approximate surface area is 136 Å². The molecule has 1 N–H and O–H groups in total. The van der Waals surface area contributed by atoms with Gasteiger partial charge in [-0.15, -0.1) is 0 Å². The predicted molar refractivity (Wildman–Crippen MR) is 83.5 cm³/mol. The maximum Gasteiger partial charge on any atom is 0.260 e. The number of rotatable bonds is 3. The van der Waals surface area contributed by atoms with Crippen LogP contribution in [-0.4, -0.2) is 54.7 Å². The van der Waals surface area contributed by atoms with Gasteiger partial charge in [0.1, 0.15) is 0 Å². The number of ether oxygens (including phenoxy) is 1. The van der Waals surface area contributed by atoms with Crippen LogP contribution in [0.3, 0.4) is 0 Å². The Morgan fingerprint density at radius 2 is 1.87 bits per heavy atom. The largest absolute Gasteiger partial charge is 0.381 e. The van der Waals surface area contributed by atoms with Gasteiger partial charge in [0.15, 0.2) is 5.67 Å². The molecule has 2 aliphatic heterocycles. The number of likely N-dealkylation sites (tertiary alicyclic amines) is 1. The average Bonchev–Trinajstić information content (AvgIpc) is 2.83. The van der Waals surface area contributed by atoms with Crippen LogP contribution in [0.2, 0.25) is 0 Å². The zero-order chi connectivity index (χ0) is 16.7. The highest BCUT2D eigenvalue weighted by Crippen LogP contribution is 2.47. The van der Waals surface area contributed by atoms with Crippen LogP contribution in [0, 0.1) is 11.3 Å². The van der Waals surface area contributed by atoms with Gasteiger partial charge in [-0.2, -0.15) is 0 Å². The van der Waals surface area contributed by atoms with Gasteiger partial charge in [-0.1, -0.05) is 0 Å². The molecule has 23 heavy (non-hydrogen) atoms. The molecule has 1 spiro atoms. The highest BCUT2D eigenvalue weighted by Gasteiger charge is 2.56. The first-order chi connectivity index (χ1) is 10.9. The van der Waals surface area contributed by atoms with Gasteiger partial charge < -0.3 is 15.0 Å². The number of carbonyl (C=O) groups excluding carboxylic acids is 2. The second-order valence-corrected chi connectivity index (χ2v) is 7.70. The summed E-state index contributed by atoms with van der Waals surface area (Å²) in [7, 11) is 0. The van der Waals surface area contributed by atoms with Gasteiger partial charge in [-0.3, -0.25) is 9.59 Å². The van der Waals surface area contributed by atoms with E-state index in [1.54, 1.807) is 4.90 Å². The molecule has 0 aromatic carbocycles. The van der Waals surface area contributed by atoms with Gasteiger partial charge in [0, 0.05) is 37.8 Å². The third kappa shape index (κ3) is 2.97. The van der Waals surface area contributed by atoms with Gasteiger partial charge in [0.05, 0.1) is 5.92 Å². The number of halogens is 1. The van der Waals surface area contributed by atoms with E-state index in [-0.39, 0.29) is 23.3 Å². The van der Waals surface area contributed by atoms with Crippen LogP contribution in [0.4, 0.5) is 4.39 Å². The van der Waals surface area contributed by atoms with E-state index in [4.69, 9.17) is 4.74 Å². The summed E-state index contributed by atoms with van der Waals surface area (Å²) in [6, 6.07) is 0.0586. The molecule has 2 heterocycles. The van der Waals surface area contributed by atoms with Crippen molar-refractivity contribution in [1.29, 1.82) is 0 Å². The molecule has 3 fully saturated rings. The minimum absolute atomic E-state index is 0.0151. The lowest BCUT2D eigenvalue weighted by Gasteiger charge is -2.38. The van der Waals surface area contributed by atoms with Crippen molar-refractivity contribution in [2.45, 2.75) is 57.7 Å². The monoisotopic (exact) mass is 326 g/mol. The smallest absolute Gasteiger partial charge is 0.260 e. The molecule has 1 aliphatic carbocycles. The van der Waals surface area contributed by atoms with Gasteiger partial charge in [0.2, 0.25) is 5.91 Å². The fraction of sp³-hybridized carbons (Fsp3) is 0.882. The standard InChI is InChI=1S/C17H27FN2O3/c1-12(2)19-14(21)13-10-20(15(22)17(18)4-3-5-17)11-16(13)6-8-23-9-7-16/h12-13H,3-11H2,1-2H3,(H,19,21)/t13-/m0/s1. The van der Waals surface area contributed by atoms with Crippen molar-refractivity contribution in [3.05, 3.63) is 0 Å². The van der Waals surface area contributed by atoms with Crippen LogP contribution in [0.25, 0.3) is 0 Å². The lowest BCUT2D eigenvalue weighted by molar-refractivity contribution is -0.149. The lowest BCUT2D eigenvalue weighted by atomic mass is 9.71. The summed E-state index contributed by atoms with van der Waals surface area (Å²) in [5, 5.41) is 2.97. The molecule has 2 saturated heterocycles. The van der Waals surface area contributed by atoms with E-state index in [9.17, 15) is 14.0 Å². The Morgan fingerprint density at radius 3 is 2.39 bits per heavy atom. The molecule has 3 rings (SSSR count). The molecule has 2 amide bonds. The van der Waals surface area contributed by atoms with Gasteiger partial charge in [-0.05, 0) is 46.0 Å². The van der Waals surface area contributed by atoms with Crippen LogP contribution < -0.4 is 5.32 Å². The maximum atomic E-state index is 14.5. The lowest BCUT2D eigenvalue weighted by Crippen LogP contribution is -2.50. The topological polar surface area (TPSA) is 58.6 Å². The summed E-state index contributed by atoms with van der Waals surface area (Å²) < 4.78 is 20.0. The first kappa shape index (κ1) is 16.7. The Morgan fingerprint density at radius 1 is 1.22 bits per heavy atom. The summed E-state index contributed by atoms with van der Waals surface area (Å²) in [5.74, 6) is -0.686. The highest BCUT2D eigenvalue weighted by atomic mass is 19.1. The van der Waals surface area contributed by atoms with Crippen molar-refractivity contribution in [3.8, 4) is 0 Å². The third-order valence-electron chi connectivity index (χ3n) is 5.70. The van der Waals surface area contributed by atoms with Gasteiger partial charge >= 0.3 is 0 Å². The molecule has 1 saturated carbocycles. The van der Waals surface area contributed by atoms with Crippen LogP contribution >= 0.6 is 0 Å². The van der Waals surface area contributed by atoms with Crippen molar-refractivity contribution >= 4 is 11.8 Å². The van der Waals surface area contributed by atoms with Crippen LogP contribution in [-0.2, 0) is 14.3 Å². The van der Waals surface area contributed by atoms with Crippen molar-refractivity contribution in [3.63, 3.8) is 0 Å². The summed E-state index contributed by atoms with van der Waals surface area (Å²) in [5.41, 5.74) is -1.94. The van der Waals surface area contributed by atoms with E-state index in [0.29, 0.717) is 39.1 Å². The Bertz CT molecular complexity index is 484. The molecule has 5 nitrogen and oxygen atoms in total. The molecule has 0 aromatic rings. The van der Waals surface area contributed by atoms with E-state index in [0.717, 1.165) is 19.3 Å². The van der Waals surface area contributed by atoms with Gasteiger partial charge in [0.25, 0.3) is 5.91 Å². The van der Waals surface area contributed by atoms with E-state index in [2.05, 4.69) is 5.32 Å². The quantitative estimate of drug-likeness (QED) is 0.858. The van der Waals surface area contributed by atoms with Crippen LogP contribution in [0.15, 0.2) is 0 Å². The molecule has 0 aromatic heterocycles. The first-order valence-electron chi connectivity index (χ1n) is 8.73. The number of alkyl halides is 1. The molecule has 0 radical (unpaired) electrons. The second-order valence-electron chi connectivity index (χ2n) is 7.70. The summed E-state index contributed by atoms with van der Waals surface area (Å²) in [6.07, 6.45) is 2.92. The highest BCUT2D eigenvalue weighted by molar-refractivity contribution is 5.88. The Balaban J connectivity index is 1.78. The number of hydrogen-bond donors (Lipinski definition) is 1. The van der Waals surface area contributed by atoms with Crippen molar-refractivity contribution in [2.75, 3.05) is 26.3 Å². The van der Waals surface area contributed by atoms with E-state index in [1.807, 2.05) is 13.8 Å². The molecule has 6 heteroatoms. The molecular weight excluding hydrogens is 299 g/mol. The molecule has 3 aliphatic rings. The summed E-state index contributed by atoms with van der Waals surface area (Å²) >= 11 is 0. The summed E-state index contributed by atoms with van der Waals surface area (Å²) in [4.78, 5) is 26.8. The predicted octanol–water partition coefficient (Wildman–Crippen LogP) is 1.66. The summed E-state index contributed by atoms with van der Waals surface area (Å²) in [6.45, 7) is 5.89. The molecule has 0 unspecified atom stereocenters. The Hall–Kier alpha value is -1.17. The van der Waals surface area contributed by atoms with Crippen LogP contribution in [0.5, 0.6) is 0 Å². The zero-order valence-electron chi connectivity index (χ0n) is 14.1. The number of amides is 2. The van der Waals surface area contributed by atoms with Crippen LogP contribution in [0.1, 0.15) is 46.0 Å². The molecule has 1 atom stereocenters. The third-order valence-corrected chi connectivity index (χ3v) is 5.70. The number of hydrogen-bond acceptors (Lipinski definition) is 3. The number of nitrogens with zero attached hydrogens (tertiary/aromatic N) is 1. The van der Waals surface area contributed by atoms with E-state index in [1.165, 1.54) is 0 Å². The fourth-order valence-corrected chi connectivity index (χ4v) is 4.14. The first-order valence-corrected chi connectivity index (χ1v) is 8.73.